The Labute approximate surface area is 215 Å². The molecule has 0 fully saturated rings. The minimum Gasteiger partial charge on any atom is -0.280 e. The highest BCUT2D eigenvalue weighted by Gasteiger charge is 2.15. The minimum atomic E-state index is -3.75. The van der Waals surface area contributed by atoms with Crippen LogP contribution in [0.1, 0.15) is 21.6 Å². The van der Waals surface area contributed by atoms with E-state index >= 15 is 0 Å². The number of carbonyl (C=O) groups excluding carboxylic acids is 1. The number of aromatic nitrogens is 2. The number of sulfonamides is 1. The number of rotatable bonds is 7. The van der Waals surface area contributed by atoms with Crippen LogP contribution in [0.2, 0.25) is 5.15 Å². The van der Waals surface area contributed by atoms with Crippen LogP contribution in [0.5, 0.6) is 0 Å². The number of anilines is 1. The van der Waals surface area contributed by atoms with Crippen molar-refractivity contribution in [3.8, 4) is 5.69 Å². The molecule has 0 aliphatic carbocycles. The van der Waals surface area contributed by atoms with Gasteiger partial charge in [0.2, 0.25) is 0 Å². The Morgan fingerprint density at radius 2 is 1.69 bits per heavy atom. The second kappa shape index (κ2) is 10.4. The topological polar surface area (TPSA) is 105 Å². The first-order valence-electron chi connectivity index (χ1n) is 10.3. The molecule has 1 heterocycles. The number of nitrogens with one attached hydrogen (secondary N) is 2. The number of para-hydroxylation sites is 1. The van der Waals surface area contributed by atoms with Crippen LogP contribution in [0, 0.1) is 6.92 Å². The van der Waals surface area contributed by atoms with Gasteiger partial charge in [0.05, 0.1) is 28.1 Å². The number of amides is 1. The average molecular weight is 573 g/mol. The molecule has 178 valence electrons. The molecule has 1 aromatic heterocycles. The zero-order chi connectivity index (χ0) is 25.0. The Balaban J connectivity index is 1.41. The molecule has 4 rings (SSSR count). The molecule has 0 radical (unpaired) electrons. The van der Waals surface area contributed by atoms with Gasteiger partial charge in [0.1, 0.15) is 5.15 Å². The lowest BCUT2D eigenvalue weighted by Crippen LogP contribution is -2.18. The number of hydrazone groups is 1. The number of hydrogen-bond acceptors (Lipinski definition) is 5. The molecule has 0 saturated carbocycles. The third kappa shape index (κ3) is 5.79. The monoisotopic (exact) mass is 571 g/mol. The maximum atomic E-state index is 12.5. The van der Waals surface area contributed by atoms with Crippen molar-refractivity contribution in [2.75, 3.05) is 4.72 Å². The van der Waals surface area contributed by atoms with Gasteiger partial charge in [-0.15, -0.1) is 0 Å². The van der Waals surface area contributed by atoms with Crippen LogP contribution >= 0.6 is 27.5 Å². The van der Waals surface area contributed by atoms with Crippen LogP contribution in [-0.2, 0) is 10.0 Å². The van der Waals surface area contributed by atoms with Crippen molar-refractivity contribution in [2.24, 2.45) is 5.10 Å². The van der Waals surface area contributed by atoms with Crippen molar-refractivity contribution in [3.05, 3.63) is 105 Å². The molecule has 8 nitrogen and oxygen atoms in total. The maximum Gasteiger partial charge on any atom is 0.271 e. The Morgan fingerprint density at radius 1 is 1.03 bits per heavy atom. The van der Waals surface area contributed by atoms with Gasteiger partial charge in [-0.3, -0.25) is 9.52 Å². The summed E-state index contributed by atoms with van der Waals surface area (Å²) in [6.45, 7) is 1.79. The molecule has 11 heteroatoms. The second-order valence-corrected chi connectivity index (χ2v) is 10.3. The number of hydrogen-bond donors (Lipinski definition) is 2. The predicted molar refractivity (Wildman–Crippen MR) is 140 cm³/mol. The predicted octanol–water partition coefficient (Wildman–Crippen LogP) is 5.16. The molecule has 0 aliphatic rings. The van der Waals surface area contributed by atoms with E-state index < -0.39 is 15.9 Å². The summed E-state index contributed by atoms with van der Waals surface area (Å²) in [5.74, 6) is -0.465. The van der Waals surface area contributed by atoms with Crippen LogP contribution < -0.4 is 10.1 Å². The fraction of sp³-hybridized carbons (Fsp3) is 0.0417. The number of aryl methyl sites for hydroxylation is 1. The first-order valence-corrected chi connectivity index (χ1v) is 12.9. The van der Waals surface area contributed by atoms with Crippen LogP contribution in [0.15, 0.2) is 93.3 Å². The van der Waals surface area contributed by atoms with E-state index in [0.29, 0.717) is 27.7 Å². The van der Waals surface area contributed by atoms with Gasteiger partial charge in [-0.05, 0) is 67.6 Å². The molecule has 2 N–H and O–H groups in total. The van der Waals surface area contributed by atoms with E-state index in [-0.39, 0.29) is 4.90 Å². The van der Waals surface area contributed by atoms with E-state index in [1.54, 1.807) is 23.7 Å². The summed E-state index contributed by atoms with van der Waals surface area (Å²) in [5, 5.41) is 8.79. The van der Waals surface area contributed by atoms with Gasteiger partial charge in [-0.25, -0.2) is 18.5 Å². The number of halogens is 2. The number of nitrogens with zero attached hydrogens (tertiary/aromatic N) is 3. The first kappa shape index (κ1) is 24.6. The normalized spacial score (nSPS) is 11.5. The first-order chi connectivity index (χ1) is 16.7. The molecule has 0 bridgehead atoms. The highest BCUT2D eigenvalue weighted by atomic mass is 79.9. The fourth-order valence-electron chi connectivity index (χ4n) is 3.14. The molecular weight excluding hydrogens is 554 g/mol. The summed E-state index contributed by atoms with van der Waals surface area (Å²) in [5.41, 5.74) is 5.10. The SMILES string of the molecule is Cc1nn(-c2ccccc2)c(Cl)c1/C=N/NC(=O)c1ccc(NS(=O)(=O)c2ccc(Br)cc2)cc1. The fourth-order valence-corrected chi connectivity index (χ4v) is 4.78. The van der Waals surface area contributed by atoms with E-state index in [0.717, 1.165) is 10.2 Å². The van der Waals surface area contributed by atoms with Gasteiger partial charge < -0.3 is 0 Å². The summed E-state index contributed by atoms with van der Waals surface area (Å²) in [7, 11) is -3.75. The van der Waals surface area contributed by atoms with Crippen molar-refractivity contribution in [2.45, 2.75) is 11.8 Å². The standard InChI is InChI=1S/C24H19BrClN5O3S/c1-16-22(23(26)31(29-16)20-5-3-2-4-6-20)15-27-28-24(32)17-7-11-19(12-8-17)30-35(33,34)21-13-9-18(25)10-14-21/h2-15,30H,1H3,(H,28,32)/b27-15+. The third-order valence-corrected chi connectivity index (χ3v) is 7.22. The summed E-state index contributed by atoms with van der Waals surface area (Å²) in [6.07, 6.45) is 1.43. The van der Waals surface area contributed by atoms with Crippen LogP contribution in [0.25, 0.3) is 5.69 Å². The Bertz CT molecular complexity index is 1490. The molecule has 0 unspecified atom stereocenters. The lowest BCUT2D eigenvalue weighted by Gasteiger charge is -2.09. The zero-order valence-electron chi connectivity index (χ0n) is 18.3. The number of benzene rings is 3. The summed E-state index contributed by atoms with van der Waals surface area (Å²) in [4.78, 5) is 12.6. The van der Waals surface area contributed by atoms with E-state index in [2.05, 4.69) is 36.3 Å². The van der Waals surface area contributed by atoms with Crippen molar-refractivity contribution >= 4 is 55.4 Å². The van der Waals surface area contributed by atoms with Crippen LogP contribution in [0.3, 0.4) is 0 Å². The molecule has 3 aromatic carbocycles. The van der Waals surface area contributed by atoms with Gasteiger partial charge in [-0.2, -0.15) is 10.2 Å². The quantitative estimate of drug-likeness (QED) is 0.236. The van der Waals surface area contributed by atoms with Gasteiger partial charge in [-0.1, -0.05) is 45.7 Å². The Kier molecular flexibility index (Phi) is 7.34. The molecule has 0 saturated heterocycles. The van der Waals surface area contributed by atoms with Crippen molar-refractivity contribution in [1.29, 1.82) is 0 Å². The third-order valence-electron chi connectivity index (χ3n) is 4.93. The minimum absolute atomic E-state index is 0.126. The maximum absolute atomic E-state index is 12.5. The Morgan fingerprint density at radius 3 is 2.34 bits per heavy atom. The van der Waals surface area contributed by atoms with E-state index in [9.17, 15) is 13.2 Å². The van der Waals surface area contributed by atoms with Crippen molar-refractivity contribution in [1.82, 2.24) is 15.2 Å². The van der Waals surface area contributed by atoms with Gasteiger partial charge in [0.25, 0.3) is 15.9 Å². The molecule has 4 aromatic rings. The van der Waals surface area contributed by atoms with E-state index in [4.69, 9.17) is 11.6 Å². The van der Waals surface area contributed by atoms with Crippen LogP contribution in [0.4, 0.5) is 5.69 Å². The van der Waals surface area contributed by atoms with Crippen molar-refractivity contribution < 1.29 is 13.2 Å². The van der Waals surface area contributed by atoms with E-state index in [1.165, 1.54) is 42.6 Å². The largest absolute Gasteiger partial charge is 0.280 e. The molecule has 0 aliphatic heterocycles. The number of carbonyl (C=O) groups is 1. The molecule has 1 amide bonds. The summed E-state index contributed by atoms with van der Waals surface area (Å²) >= 11 is 9.73. The average Bonchev–Trinajstić information content (AvgIpc) is 3.13. The smallest absolute Gasteiger partial charge is 0.271 e. The van der Waals surface area contributed by atoms with Crippen LogP contribution in [-0.4, -0.2) is 30.3 Å². The molecule has 35 heavy (non-hydrogen) atoms. The highest BCUT2D eigenvalue weighted by Crippen LogP contribution is 2.22. The highest BCUT2D eigenvalue weighted by molar-refractivity contribution is 9.10. The van der Waals surface area contributed by atoms with Crippen molar-refractivity contribution in [3.63, 3.8) is 0 Å². The Hall–Kier alpha value is -3.47. The van der Waals surface area contributed by atoms with Gasteiger partial charge in [0, 0.05) is 15.7 Å². The lowest BCUT2D eigenvalue weighted by molar-refractivity contribution is 0.0955. The summed E-state index contributed by atoms with van der Waals surface area (Å²) in [6, 6.07) is 21.7. The molecule has 0 atom stereocenters. The zero-order valence-corrected chi connectivity index (χ0v) is 21.5. The van der Waals surface area contributed by atoms with E-state index in [1.807, 2.05) is 30.3 Å². The molecule has 0 spiro atoms. The summed E-state index contributed by atoms with van der Waals surface area (Å²) < 4.78 is 29.9. The van der Waals surface area contributed by atoms with Gasteiger partial charge >= 0.3 is 0 Å². The second-order valence-electron chi connectivity index (χ2n) is 7.37. The lowest BCUT2D eigenvalue weighted by atomic mass is 10.2. The molecular formula is C24H19BrClN5O3S. The van der Waals surface area contributed by atoms with Gasteiger partial charge in [0.15, 0.2) is 0 Å².